The average molecular weight is 409 g/mol. The van der Waals surface area contributed by atoms with Gasteiger partial charge in [0.15, 0.2) is 5.82 Å². The molecule has 0 fully saturated rings. The van der Waals surface area contributed by atoms with Crippen LogP contribution in [0.1, 0.15) is 0 Å². The predicted octanol–water partition coefficient (Wildman–Crippen LogP) is 7.18. The minimum Gasteiger partial charge on any atom is -0.256 e. The fourth-order valence-corrected chi connectivity index (χ4v) is 4.17. The molecule has 6 aromatic rings. The monoisotopic (exact) mass is 409 g/mol. The second kappa shape index (κ2) is 7.71. The van der Waals surface area contributed by atoms with Gasteiger partial charge >= 0.3 is 0 Å². The highest BCUT2D eigenvalue weighted by molar-refractivity contribution is 6.01. The highest BCUT2D eigenvalue weighted by Gasteiger charge is 2.14. The first kappa shape index (κ1) is 18.4. The lowest BCUT2D eigenvalue weighted by Crippen LogP contribution is -1.96. The highest BCUT2D eigenvalue weighted by atomic mass is 14.9. The summed E-state index contributed by atoms with van der Waals surface area (Å²) in [7, 11) is 0. The molecule has 0 aliphatic heterocycles. The van der Waals surface area contributed by atoms with Crippen LogP contribution in [0.2, 0.25) is 0 Å². The third kappa shape index (κ3) is 3.21. The molecule has 0 N–H and O–H groups in total. The Morgan fingerprint density at radius 2 is 1.28 bits per heavy atom. The highest BCUT2D eigenvalue weighted by Crippen LogP contribution is 2.33. The van der Waals surface area contributed by atoms with Crippen molar-refractivity contribution in [2.75, 3.05) is 0 Å². The zero-order chi connectivity index (χ0) is 21.3. The number of nitrogens with zero attached hydrogens (tertiary/aromatic N) is 3. The standard InChI is InChI=1S/C29H19N3/c1-2-9-20(10-3-1)22-12-6-13-23(19-22)29-31-26-17-5-4-15-24(26)28(32-29)25-16-7-11-21-14-8-18-30-27(21)25/h1-19H. The van der Waals surface area contributed by atoms with Crippen LogP contribution < -0.4 is 0 Å². The quantitative estimate of drug-likeness (QED) is 0.311. The minimum absolute atomic E-state index is 0.712. The SMILES string of the molecule is c1ccc(-c2cccc(-c3nc(-c4cccc5cccnc45)c4ccccc4n3)c2)cc1. The lowest BCUT2D eigenvalue weighted by Gasteiger charge is -2.11. The van der Waals surface area contributed by atoms with Crippen LogP contribution >= 0.6 is 0 Å². The molecule has 4 aromatic carbocycles. The summed E-state index contributed by atoms with van der Waals surface area (Å²) in [6.07, 6.45) is 1.83. The van der Waals surface area contributed by atoms with Crippen molar-refractivity contribution in [3.63, 3.8) is 0 Å². The molecule has 0 radical (unpaired) electrons. The Bertz CT molecular complexity index is 1570. The van der Waals surface area contributed by atoms with Gasteiger partial charge in [-0.25, -0.2) is 9.97 Å². The summed E-state index contributed by atoms with van der Waals surface area (Å²) in [5.41, 5.74) is 7.10. The molecule has 2 heterocycles. The fraction of sp³-hybridized carbons (Fsp3) is 0. The Morgan fingerprint density at radius 1 is 0.531 bits per heavy atom. The van der Waals surface area contributed by atoms with E-state index in [0.717, 1.165) is 44.2 Å². The first-order valence-electron chi connectivity index (χ1n) is 10.6. The van der Waals surface area contributed by atoms with Crippen LogP contribution in [0.4, 0.5) is 0 Å². The van der Waals surface area contributed by atoms with Gasteiger partial charge in [0.1, 0.15) is 0 Å². The first-order valence-corrected chi connectivity index (χ1v) is 10.6. The van der Waals surface area contributed by atoms with Crippen molar-refractivity contribution >= 4 is 21.8 Å². The summed E-state index contributed by atoms with van der Waals surface area (Å²) >= 11 is 0. The van der Waals surface area contributed by atoms with E-state index in [-0.39, 0.29) is 0 Å². The van der Waals surface area contributed by atoms with Gasteiger partial charge in [0.25, 0.3) is 0 Å². The van der Waals surface area contributed by atoms with Crippen molar-refractivity contribution in [2.45, 2.75) is 0 Å². The van der Waals surface area contributed by atoms with Gasteiger partial charge in [0.05, 0.1) is 16.7 Å². The van der Waals surface area contributed by atoms with E-state index in [1.54, 1.807) is 0 Å². The molecular weight excluding hydrogens is 390 g/mol. The zero-order valence-corrected chi connectivity index (χ0v) is 17.3. The molecule has 6 rings (SSSR count). The van der Waals surface area contributed by atoms with Crippen LogP contribution in [0.5, 0.6) is 0 Å². The molecule has 0 aliphatic rings. The van der Waals surface area contributed by atoms with E-state index in [2.05, 4.69) is 83.8 Å². The summed E-state index contributed by atoms with van der Waals surface area (Å²) < 4.78 is 0. The number of benzene rings is 4. The molecule has 0 atom stereocenters. The van der Waals surface area contributed by atoms with Crippen LogP contribution in [0.15, 0.2) is 115 Å². The van der Waals surface area contributed by atoms with E-state index in [1.165, 1.54) is 5.56 Å². The second-order valence-electron chi connectivity index (χ2n) is 7.74. The Morgan fingerprint density at radius 3 is 2.22 bits per heavy atom. The van der Waals surface area contributed by atoms with E-state index < -0.39 is 0 Å². The number of hydrogen-bond acceptors (Lipinski definition) is 3. The van der Waals surface area contributed by atoms with Crippen LogP contribution in [0, 0.1) is 0 Å². The lowest BCUT2D eigenvalue weighted by atomic mass is 10.0. The normalized spacial score (nSPS) is 11.1. The van der Waals surface area contributed by atoms with E-state index in [4.69, 9.17) is 9.97 Å². The fourth-order valence-electron chi connectivity index (χ4n) is 4.17. The molecule has 150 valence electrons. The number of aromatic nitrogens is 3. The van der Waals surface area contributed by atoms with Gasteiger partial charge < -0.3 is 0 Å². The second-order valence-corrected chi connectivity index (χ2v) is 7.74. The Balaban J connectivity index is 1.59. The molecule has 2 aromatic heterocycles. The molecule has 0 bridgehead atoms. The molecule has 0 saturated carbocycles. The van der Waals surface area contributed by atoms with Crippen molar-refractivity contribution in [3.8, 4) is 33.8 Å². The minimum atomic E-state index is 0.712. The Kier molecular flexibility index (Phi) is 4.43. The summed E-state index contributed by atoms with van der Waals surface area (Å²) in [6, 6.07) is 37.3. The van der Waals surface area contributed by atoms with Crippen LogP contribution in [-0.4, -0.2) is 15.0 Å². The van der Waals surface area contributed by atoms with Gasteiger partial charge in [-0.3, -0.25) is 4.98 Å². The van der Waals surface area contributed by atoms with Crippen molar-refractivity contribution < 1.29 is 0 Å². The van der Waals surface area contributed by atoms with Gasteiger partial charge in [-0.1, -0.05) is 91.0 Å². The first-order chi connectivity index (χ1) is 15.9. The maximum atomic E-state index is 5.08. The van der Waals surface area contributed by atoms with Crippen molar-refractivity contribution in [3.05, 3.63) is 115 Å². The summed E-state index contributed by atoms with van der Waals surface area (Å²) in [4.78, 5) is 14.7. The largest absolute Gasteiger partial charge is 0.256 e. The number of rotatable bonds is 3. The third-order valence-corrected chi connectivity index (χ3v) is 5.72. The van der Waals surface area contributed by atoms with E-state index in [9.17, 15) is 0 Å². The van der Waals surface area contributed by atoms with Crippen molar-refractivity contribution in [2.24, 2.45) is 0 Å². The molecule has 32 heavy (non-hydrogen) atoms. The molecule has 0 spiro atoms. The van der Waals surface area contributed by atoms with Crippen molar-refractivity contribution in [1.29, 1.82) is 0 Å². The van der Waals surface area contributed by atoms with E-state index in [1.807, 2.05) is 36.5 Å². The number of hydrogen-bond donors (Lipinski definition) is 0. The topological polar surface area (TPSA) is 38.7 Å². The molecule has 0 saturated heterocycles. The zero-order valence-electron chi connectivity index (χ0n) is 17.3. The molecule has 3 nitrogen and oxygen atoms in total. The van der Waals surface area contributed by atoms with Gasteiger partial charge in [-0.15, -0.1) is 0 Å². The molecule has 0 aliphatic carbocycles. The van der Waals surface area contributed by atoms with Crippen LogP contribution in [0.25, 0.3) is 55.6 Å². The summed E-state index contributed by atoms with van der Waals surface area (Å²) in [6.45, 7) is 0. The smallest absolute Gasteiger partial charge is 0.160 e. The maximum absolute atomic E-state index is 5.08. The Labute approximate surface area is 186 Å². The van der Waals surface area contributed by atoms with E-state index in [0.29, 0.717) is 5.82 Å². The number of pyridine rings is 1. The molecule has 0 amide bonds. The van der Waals surface area contributed by atoms with Gasteiger partial charge in [0.2, 0.25) is 0 Å². The van der Waals surface area contributed by atoms with Crippen LogP contribution in [-0.2, 0) is 0 Å². The average Bonchev–Trinajstić information content (AvgIpc) is 2.88. The Hall–Kier alpha value is -4.37. The van der Waals surface area contributed by atoms with Gasteiger partial charge in [0, 0.05) is 28.1 Å². The molecule has 3 heteroatoms. The van der Waals surface area contributed by atoms with Crippen molar-refractivity contribution in [1.82, 2.24) is 15.0 Å². The maximum Gasteiger partial charge on any atom is 0.160 e. The van der Waals surface area contributed by atoms with Crippen LogP contribution in [0.3, 0.4) is 0 Å². The predicted molar refractivity (Wildman–Crippen MR) is 131 cm³/mol. The van der Waals surface area contributed by atoms with Gasteiger partial charge in [-0.2, -0.15) is 0 Å². The summed E-state index contributed by atoms with van der Waals surface area (Å²) in [5.74, 6) is 0.712. The lowest BCUT2D eigenvalue weighted by molar-refractivity contribution is 1.23. The molecular formula is C29H19N3. The summed E-state index contributed by atoms with van der Waals surface area (Å²) in [5, 5.41) is 2.12. The van der Waals surface area contributed by atoms with Gasteiger partial charge in [-0.05, 0) is 29.3 Å². The number of fused-ring (bicyclic) bond motifs is 2. The number of para-hydroxylation sites is 2. The van der Waals surface area contributed by atoms with E-state index >= 15 is 0 Å². The third-order valence-electron chi connectivity index (χ3n) is 5.72. The molecule has 0 unspecified atom stereocenters.